The summed E-state index contributed by atoms with van der Waals surface area (Å²) in [5, 5.41) is 6.91. The maximum atomic E-state index is 13.5. The fourth-order valence-corrected chi connectivity index (χ4v) is 4.09. The molecular weight excluding hydrogens is 493 g/mol. The normalized spacial score (nSPS) is 14.4. The summed E-state index contributed by atoms with van der Waals surface area (Å²) in [4.78, 5) is 9.02. The van der Waals surface area contributed by atoms with Crippen molar-refractivity contribution in [1.29, 1.82) is 0 Å². The quantitative estimate of drug-likeness (QED) is 0.268. The second-order valence-electron chi connectivity index (χ2n) is 8.58. The average Bonchev–Trinajstić information content (AvgIpc) is 3.42. The Morgan fingerprint density at radius 1 is 1.03 bits per heavy atom. The van der Waals surface area contributed by atoms with E-state index < -0.39 is 0 Å². The van der Waals surface area contributed by atoms with Crippen LogP contribution < -0.4 is 15.4 Å². The van der Waals surface area contributed by atoms with Crippen molar-refractivity contribution in [2.75, 3.05) is 25.6 Å². The molecule has 7 nitrogen and oxygen atoms in total. The number of anilines is 1. The number of methoxy groups -OCH3 is 1. The molecule has 1 unspecified atom stereocenters. The molecule has 5 rings (SSSR count). The summed E-state index contributed by atoms with van der Waals surface area (Å²) in [7, 11) is 1.65. The third-order valence-electron chi connectivity index (χ3n) is 5.91. The molecule has 0 aliphatic carbocycles. The van der Waals surface area contributed by atoms with Gasteiger partial charge in [-0.1, -0.05) is 50.2 Å². The maximum Gasteiger partial charge on any atom is 0.166 e. The molecule has 1 aromatic heterocycles. The number of nitrogens with one attached hydrogen (secondary N) is 2. The number of imidazole rings is 1. The summed E-state index contributed by atoms with van der Waals surface area (Å²) in [5.74, 6) is 1.69. The molecule has 2 heterocycles. The van der Waals surface area contributed by atoms with Gasteiger partial charge >= 0.3 is 0 Å². The molecule has 0 spiro atoms. The molecule has 3 aromatic carbocycles. The van der Waals surface area contributed by atoms with Crippen LogP contribution in [0.2, 0.25) is 0 Å². The van der Waals surface area contributed by atoms with Gasteiger partial charge in [0.25, 0.3) is 0 Å². The van der Waals surface area contributed by atoms with E-state index in [2.05, 4.69) is 15.6 Å². The van der Waals surface area contributed by atoms with Gasteiger partial charge < -0.3 is 24.7 Å². The van der Waals surface area contributed by atoms with E-state index >= 15 is 0 Å². The van der Waals surface area contributed by atoms with Gasteiger partial charge in [-0.15, -0.1) is 0 Å². The largest absolute Gasteiger partial charge is 0.495 e. The number of nitrogens with zero attached hydrogens (tertiary/aromatic N) is 3. The SMILES string of the molecule is CC.COc1cc(/C=C2\OCCN=C2NC(Nc2ccc(F)cc2)c2ccccc2)ccc1-n1cnc(C)c1. The third-order valence-corrected chi connectivity index (χ3v) is 5.91. The molecule has 0 bridgehead atoms. The van der Waals surface area contributed by atoms with Crippen LogP contribution in [0.5, 0.6) is 5.75 Å². The number of halogens is 1. The predicted molar refractivity (Wildman–Crippen MR) is 155 cm³/mol. The molecule has 0 saturated carbocycles. The van der Waals surface area contributed by atoms with Gasteiger partial charge in [0.15, 0.2) is 11.6 Å². The van der Waals surface area contributed by atoms with E-state index in [1.165, 1.54) is 12.1 Å². The fraction of sp³-hybridized carbons (Fsp3) is 0.226. The van der Waals surface area contributed by atoms with Crippen LogP contribution in [0, 0.1) is 12.7 Å². The van der Waals surface area contributed by atoms with Crippen LogP contribution in [-0.2, 0) is 4.74 Å². The standard InChI is InChI=1S/C29H28FN5O2.C2H6/c1-20-18-35(19-32-20)25-13-8-21(16-26(25)36-2)17-27-29(31-14-15-37-27)34-28(22-6-4-3-5-7-22)33-24-11-9-23(30)10-12-24;1-2/h3-13,16-19,28,33H,14-15H2,1-2H3,(H,31,34);1-2H3/b27-17-;. The number of aliphatic imine (C=N–C) groups is 1. The molecule has 8 heteroatoms. The van der Waals surface area contributed by atoms with Gasteiger partial charge in [0.1, 0.15) is 24.3 Å². The first-order chi connectivity index (χ1) is 19.1. The van der Waals surface area contributed by atoms with Crippen molar-refractivity contribution in [1.82, 2.24) is 14.9 Å². The Labute approximate surface area is 229 Å². The van der Waals surface area contributed by atoms with Crippen molar-refractivity contribution in [3.05, 3.63) is 114 Å². The van der Waals surface area contributed by atoms with E-state index in [9.17, 15) is 4.39 Å². The Morgan fingerprint density at radius 2 is 1.79 bits per heavy atom. The minimum atomic E-state index is -0.322. The number of ether oxygens (including phenoxy) is 2. The molecule has 202 valence electrons. The molecule has 0 amide bonds. The number of hydrogen-bond acceptors (Lipinski definition) is 6. The lowest BCUT2D eigenvalue weighted by molar-refractivity contribution is 0.232. The molecule has 0 fully saturated rings. The highest BCUT2D eigenvalue weighted by Gasteiger charge is 2.20. The summed E-state index contributed by atoms with van der Waals surface area (Å²) < 4.78 is 27.1. The lowest BCUT2D eigenvalue weighted by Gasteiger charge is -2.26. The van der Waals surface area contributed by atoms with Gasteiger partial charge in [0.2, 0.25) is 0 Å². The van der Waals surface area contributed by atoms with Crippen molar-refractivity contribution in [3.8, 4) is 11.4 Å². The van der Waals surface area contributed by atoms with Crippen LogP contribution in [0.4, 0.5) is 10.1 Å². The Bertz CT molecular complexity index is 1410. The Kier molecular flexibility index (Phi) is 9.34. The Balaban J connectivity index is 0.00000172. The van der Waals surface area contributed by atoms with E-state index in [0.29, 0.717) is 30.5 Å². The van der Waals surface area contributed by atoms with Crippen LogP contribution in [0.1, 0.15) is 36.8 Å². The summed E-state index contributed by atoms with van der Waals surface area (Å²) in [5.41, 5.74) is 4.51. The number of aromatic nitrogens is 2. The second kappa shape index (κ2) is 13.3. The molecule has 0 radical (unpaired) electrons. The van der Waals surface area contributed by atoms with Crippen molar-refractivity contribution < 1.29 is 13.9 Å². The van der Waals surface area contributed by atoms with E-state index in [1.807, 2.05) is 86.1 Å². The van der Waals surface area contributed by atoms with E-state index in [1.54, 1.807) is 25.6 Å². The van der Waals surface area contributed by atoms with E-state index in [-0.39, 0.29) is 12.0 Å². The summed E-state index contributed by atoms with van der Waals surface area (Å²) in [6.07, 6.45) is 5.34. The summed E-state index contributed by atoms with van der Waals surface area (Å²) in [6, 6.07) is 22.2. The van der Waals surface area contributed by atoms with Gasteiger partial charge in [-0.05, 0) is 60.5 Å². The molecule has 2 N–H and O–H groups in total. The molecule has 1 aliphatic rings. The minimum absolute atomic E-state index is 0.283. The Hall–Kier alpha value is -4.59. The van der Waals surface area contributed by atoms with Gasteiger partial charge in [-0.2, -0.15) is 0 Å². The van der Waals surface area contributed by atoms with E-state index in [4.69, 9.17) is 14.5 Å². The maximum absolute atomic E-state index is 13.5. The van der Waals surface area contributed by atoms with Gasteiger partial charge in [-0.3, -0.25) is 4.99 Å². The number of hydrogen-bond donors (Lipinski definition) is 2. The van der Waals surface area contributed by atoms with Gasteiger partial charge in [0.05, 0.1) is 31.4 Å². The zero-order valence-corrected chi connectivity index (χ0v) is 22.7. The zero-order valence-electron chi connectivity index (χ0n) is 22.7. The number of rotatable bonds is 7. The lowest BCUT2D eigenvalue weighted by Crippen LogP contribution is -2.37. The average molecular weight is 528 g/mol. The molecule has 0 saturated heterocycles. The highest BCUT2D eigenvalue weighted by molar-refractivity contribution is 6.01. The van der Waals surface area contributed by atoms with Crippen LogP contribution in [0.3, 0.4) is 0 Å². The number of aryl methyl sites for hydroxylation is 1. The highest BCUT2D eigenvalue weighted by Crippen LogP contribution is 2.27. The highest BCUT2D eigenvalue weighted by atomic mass is 19.1. The first-order valence-electron chi connectivity index (χ1n) is 13.0. The fourth-order valence-electron chi connectivity index (χ4n) is 4.09. The monoisotopic (exact) mass is 527 g/mol. The number of benzene rings is 3. The molecule has 39 heavy (non-hydrogen) atoms. The van der Waals surface area contributed by atoms with Crippen molar-refractivity contribution in [2.24, 2.45) is 4.99 Å². The van der Waals surface area contributed by atoms with Crippen molar-refractivity contribution >= 4 is 17.6 Å². The van der Waals surface area contributed by atoms with Crippen LogP contribution in [0.25, 0.3) is 11.8 Å². The molecule has 1 aliphatic heterocycles. The first kappa shape index (κ1) is 27.4. The summed E-state index contributed by atoms with van der Waals surface area (Å²) in [6.45, 7) is 6.98. The predicted octanol–water partition coefficient (Wildman–Crippen LogP) is 6.52. The zero-order chi connectivity index (χ0) is 27.6. The van der Waals surface area contributed by atoms with Crippen molar-refractivity contribution in [2.45, 2.75) is 26.9 Å². The van der Waals surface area contributed by atoms with Gasteiger partial charge in [0, 0.05) is 11.9 Å². The number of amidine groups is 1. The second-order valence-corrected chi connectivity index (χ2v) is 8.58. The van der Waals surface area contributed by atoms with Crippen molar-refractivity contribution in [3.63, 3.8) is 0 Å². The third kappa shape index (κ3) is 7.04. The van der Waals surface area contributed by atoms with Gasteiger partial charge in [-0.25, -0.2) is 9.37 Å². The first-order valence-corrected chi connectivity index (χ1v) is 13.0. The molecular formula is C31H34FN5O2. The minimum Gasteiger partial charge on any atom is -0.495 e. The molecule has 4 aromatic rings. The van der Waals surface area contributed by atoms with Crippen LogP contribution >= 0.6 is 0 Å². The topological polar surface area (TPSA) is 72.7 Å². The van der Waals surface area contributed by atoms with Crippen LogP contribution in [0.15, 0.2) is 96.1 Å². The van der Waals surface area contributed by atoms with Crippen LogP contribution in [-0.4, -0.2) is 35.6 Å². The lowest BCUT2D eigenvalue weighted by atomic mass is 10.1. The summed E-state index contributed by atoms with van der Waals surface area (Å²) >= 11 is 0. The Morgan fingerprint density at radius 3 is 2.49 bits per heavy atom. The van der Waals surface area contributed by atoms with E-state index in [0.717, 1.165) is 28.2 Å². The molecule has 1 atom stereocenters. The smallest absolute Gasteiger partial charge is 0.166 e.